The smallest absolute Gasteiger partial charge is 0.254 e. The van der Waals surface area contributed by atoms with Crippen molar-refractivity contribution in [1.82, 2.24) is 5.01 Å². The van der Waals surface area contributed by atoms with Crippen molar-refractivity contribution in [3.8, 4) is 11.5 Å². The second-order valence-corrected chi connectivity index (χ2v) is 10.2. The summed E-state index contributed by atoms with van der Waals surface area (Å²) in [5.41, 5.74) is 6.32. The third kappa shape index (κ3) is 3.67. The Labute approximate surface area is 226 Å². The summed E-state index contributed by atoms with van der Waals surface area (Å²) in [6.45, 7) is 0.414. The highest BCUT2D eigenvalue weighted by Crippen LogP contribution is 2.60. The number of carbonyl (C=O) groups excluding carboxylic acids is 2. The summed E-state index contributed by atoms with van der Waals surface area (Å²) in [6, 6.07) is 31.7. The van der Waals surface area contributed by atoms with E-state index in [1.807, 2.05) is 66.7 Å². The average molecular weight is 515 g/mol. The lowest BCUT2D eigenvalue weighted by Crippen LogP contribution is -2.41. The number of ether oxygens (including phenoxy) is 2. The molecule has 0 unspecified atom stereocenters. The van der Waals surface area contributed by atoms with Crippen LogP contribution in [-0.4, -0.2) is 30.1 Å². The Morgan fingerprint density at radius 3 is 1.79 bits per heavy atom. The van der Waals surface area contributed by atoms with Gasteiger partial charge in [0, 0.05) is 11.8 Å². The first-order valence-corrected chi connectivity index (χ1v) is 13.1. The second kappa shape index (κ2) is 9.24. The number of hydrogen-bond acceptors (Lipinski definition) is 5. The molecule has 1 heterocycles. The van der Waals surface area contributed by atoms with E-state index in [2.05, 4.69) is 29.4 Å². The maximum atomic E-state index is 13.7. The zero-order valence-electron chi connectivity index (χ0n) is 21.4. The van der Waals surface area contributed by atoms with Crippen molar-refractivity contribution in [2.75, 3.05) is 7.11 Å². The maximum Gasteiger partial charge on any atom is 0.254 e. The molecule has 2 atom stereocenters. The summed E-state index contributed by atoms with van der Waals surface area (Å²) in [4.78, 5) is 27.4. The van der Waals surface area contributed by atoms with Gasteiger partial charge in [0.15, 0.2) is 11.5 Å². The lowest BCUT2D eigenvalue weighted by Gasteiger charge is -2.45. The van der Waals surface area contributed by atoms with Gasteiger partial charge in [0.05, 0.1) is 25.2 Å². The molecule has 0 spiro atoms. The van der Waals surface area contributed by atoms with Crippen LogP contribution in [0.1, 0.15) is 45.2 Å². The van der Waals surface area contributed by atoms with Crippen LogP contribution in [0.25, 0.3) is 0 Å². The van der Waals surface area contributed by atoms with Crippen molar-refractivity contribution in [2.24, 2.45) is 16.9 Å². The minimum atomic E-state index is -0.451. The van der Waals surface area contributed by atoms with Crippen molar-refractivity contribution in [2.45, 2.75) is 18.4 Å². The van der Waals surface area contributed by atoms with E-state index in [1.165, 1.54) is 0 Å². The monoisotopic (exact) mass is 514 g/mol. The summed E-state index contributed by atoms with van der Waals surface area (Å²) < 4.78 is 11.5. The van der Waals surface area contributed by atoms with E-state index in [0.29, 0.717) is 23.7 Å². The van der Waals surface area contributed by atoms with Crippen LogP contribution in [0, 0.1) is 11.8 Å². The van der Waals surface area contributed by atoms with Crippen LogP contribution in [0.4, 0.5) is 0 Å². The molecule has 4 aliphatic rings. The van der Waals surface area contributed by atoms with Crippen molar-refractivity contribution in [3.63, 3.8) is 0 Å². The number of hydrazone groups is 1. The van der Waals surface area contributed by atoms with Gasteiger partial charge >= 0.3 is 0 Å². The van der Waals surface area contributed by atoms with E-state index in [4.69, 9.17) is 9.47 Å². The normalized spacial score (nSPS) is 22.5. The summed E-state index contributed by atoms with van der Waals surface area (Å²) in [6.07, 6.45) is 1.54. The molecular formula is C33H26N2O4. The molecule has 1 fully saturated rings. The SMILES string of the molecule is COc1cc(/C=N\N2C(=O)[C@@H]3C4c5ccccc5C(c5ccccc54)[C@H]3C2=O)ccc1OCc1ccccc1. The lowest BCUT2D eigenvalue weighted by molar-refractivity contribution is -0.139. The average Bonchev–Trinajstić information content (AvgIpc) is 3.25. The third-order valence-electron chi connectivity index (χ3n) is 8.17. The molecule has 1 aliphatic heterocycles. The quantitative estimate of drug-likeness (QED) is 0.252. The molecule has 6 nitrogen and oxygen atoms in total. The summed E-state index contributed by atoms with van der Waals surface area (Å²) in [7, 11) is 1.58. The fourth-order valence-corrected chi connectivity index (χ4v) is 6.52. The van der Waals surface area contributed by atoms with Crippen LogP contribution < -0.4 is 9.47 Å². The summed E-state index contributed by atoms with van der Waals surface area (Å²) in [5, 5.41) is 5.50. The molecule has 0 radical (unpaired) electrons. The largest absolute Gasteiger partial charge is 0.493 e. The Balaban J connectivity index is 1.17. The van der Waals surface area contributed by atoms with E-state index >= 15 is 0 Å². The van der Waals surface area contributed by atoms with Gasteiger partial charge in [-0.25, -0.2) is 0 Å². The number of benzene rings is 4. The minimum Gasteiger partial charge on any atom is -0.493 e. The molecule has 2 amide bonds. The minimum absolute atomic E-state index is 0.148. The number of nitrogens with zero attached hydrogens (tertiary/aromatic N) is 2. The van der Waals surface area contributed by atoms with E-state index in [9.17, 15) is 9.59 Å². The van der Waals surface area contributed by atoms with E-state index in [0.717, 1.165) is 32.8 Å². The fraction of sp³-hybridized carbons (Fsp3) is 0.182. The Hall–Kier alpha value is -4.71. The Bertz CT molecular complexity index is 1510. The molecule has 0 aromatic heterocycles. The van der Waals surface area contributed by atoms with Gasteiger partial charge in [0.25, 0.3) is 11.8 Å². The van der Waals surface area contributed by atoms with Gasteiger partial charge in [0.1, 0.15) is 6.61 Å². The second-order valence-electron chi connectivity index (χ2n) is 10.2. The van der Waals surface area contributed by atoms with E-state index in [1.54, 1.807) is 19.4 Å². The maximum absolute atomic E-state index is 13.7. The summed E-state index contributed by atoms with van der Waals surface area (Å²) >= 11 is 0. The number of imide groups is 1. The van der Waals surface area contributed by atoms with Gasteiger partial charge in [-0.1, -0.05) is 78.9 Å². The molecule has 0 saturated carbocycles. The molecule has 8 rings (SSSR count). The van der Waals surface area contributed by atoms with Crippen LogP contribution in [-0.2, 0) is 16.2 Å². The highest BCUT2D eigenvalue weighted by molar-refractivity contribution is 6.08. The van der Waals surface area contributed by atoms with Crippen LogP contribution in [0.2, 0.25) is 0 Å². The first kappa shape index (κ1) is 23.4. The number of hydrogen-bond donors (Lipinski definition) is 0. The predicted molar refractivity (Wildman–Crippen MR) is 147 cm³/mol. The van der Waals surface area contributed by atoms with Gasteiger partial charge in [-0.2, -0.15) is 10.1 Å². The van der Waals surface area contributed by atoms with Gasteiger partial charge in [-0.05, 0) is 51.6 Å². The van der Waals surface area contributed by atoms with Crippen molar-refractivity contribution in [3.05, 3.63) is 130 Å². The summed E-state index contributed by atoms with van der Waals surface area (Å²) in [5.74, 6) is -0.530. The van der Waals surface area contributed by atoms with Gasteiger partial charge in [-0.15, -0.1) is 0 Å². The standard InChI is InChI=1S/C33H26N2O4/c1-38-27-17-21(15-16-26(27)39-19-20-9-3-2-4-10-20)18-34-35-32(36)30-28-22-11-5-6-12-23(22)29(31(30)33(35)37)25-14-8-7-13-24(25)28/h2-18,28-31H,19H2,1H3/b34-18-/t28?,29?,30-,31-/m1/s1. The van der Waals surface area contributed by atoms with Crippen LogP contribution in [0.3, 0.4) is 0 Å². The molecular weight excluding hydrogens is 488 g/mol. The molecule has 1 saturated heterocycles. The first-order chi connectivity index (χ1) is 19.2. The van der Waals surface area contributed by atoms with Gasteiger partial charge < -0.3 is 9.47 Å². The Morgan fingerprint density at radius 2 is 1.26 bits per heavy atom. The van der Waals surface area contributed by atoms with Crippen LogP contribution in [0.5, 0.6) is 11.5 Å². The molecule has 4 aromatic rings. The number of amides is 2. The Morgan fingerprint density at radius 1 is 0.718 bits per heavy atom. The highest BCUT2D eigenvalue weighted by Gasteiger charge is 2.61. The third-order valence-corrected chi connectivity index (χ3v) is 8.17. The highest BCUT2D eigenvalue weighted by atomic mass is 16.5. The zero-order valence-corrected chi connectivity index (χ0v) is 21.4. The van der Waals surface area contributed by atoms with Crippen molar-refractivity contribution < 1.29 is 19.1 Å². The van der Waals surface area contributed by atoms with Crippen LogP contribution >= 0.6 is 0 Å². The topological polar surface area (TPSA) is 68.2 Å². The first-order valence-electron chi connectivity index (χ1n) is 13.1. The molecule has 2 bridgehead atoms. The lowest BCUT2D eigenvalue weighted by atomic mass is 9.55. The molecule has 4 aromatic carbocycles. The van der Waals surface area contributed by atoms with Gasteiger partial charge in [-0.3, -0.25) is 9.59 Å². The molecule has 39 heavy (non-hydrogen) atoms. The van der Waals surface area contributed by atoms with Gasteiger partial charge in [0.2, 0.25) is 0 Å². The number of carbonyl (C=O) groups is 2. The number of rotatable bonds is 6. The van der Waals surface area contributed by atoms with E-state index in [-0.39, 0.29) is 23.7 Å². The van der Waals surface area contributed by atoms with Crippen LogP contribution in [0.15, 0.2) is 102 Å². The molecule has 6 heteroatoms. The zero-order chi connectivity index (χ0) is 26.5. The van der Waals surface area contributed by atoms with Crippen molar-refractivity contribution >= 4 is 18.0 Å². The fourth-order valence-electron chi connectivity index (χ4n) is 6.52. The molecule has 192 valence electrons. The molecule has 3 aliphatic carbocycles. The molecule has 0 N–H and O–H groups in total. The predicted octanol–water partition coefficient (Wildman–Crippen LogP) is 5.50. The number of methoxy groups -OCH3 is 1. The van der Waals surface area contributed by atoms with Crippen molar-refractivity contribution in [1.29, 1.82) is 0 Å². The van der Waals surface area contributed by atoms with E-state index < -0.39 is 11.8 Å². The Kier molecular flexibility index (Phi) is 5.55.